The van der Waals surface area contributed by atoms with E-state index in [2.05, 4.69) is 40.8 Å². The molecule has 0 radical (unpaired) electrons. The van der Waals surface area contributed by atoms with E-state index in [-0.39, 0.29) is 17.9 Å². The molecule has 7 nitrogen and oxygen atoms in total. The number of aromatic nitrogens is 2. The lowest BCUT2D eigenvalue weighted by atomic mass is 10.1. The molecular weight excluding hydrogens is 390 g/mol. The Morgan fingerprint density at radius 1 is 1.29 bits per heavy atom. The summed E-state index contributed by atoms with van der Waals surface area (Å²) in [6.07, 6.45) is 2.89. The van der Waals surface area contributed by atoms with Crippen molar-refractivity contribution in [3.63, 3.8) is 0 Å². The maximum atomic E-state index is 12.6. The van der Waals surface area contributed by atoms with E-state index in [1.165, 1.54) is 0 Å². The molecule has 1 aromatic carbocycles. The minimum atomic E-state index is -0.260. The van der Waals surface area contributed by atoms with Crippen molar-refractivity contribution in [3.05, 3.63) is 46.8 Å². The SMILES string of the molecule is Cc1nn(CC(C)C)c(C)c1CCC(=O)Nc1cccc(CN2CCCC2C(N)=O)c1. The Labute approximate surface area is 185 Å². The first kappa shape index (κ1) is 23.0. The van der Waals surface area contributed by atoms with Crippen molar-refractivity contribution in [3.8, 4) is 0 Å². The van der Waals surface area contributed by atoms with Gasteiger partial charge in [0.25, 0.3) is 0 Å². The van der Waals surface area contributed by atoms with E-state index in [9.17, 15) is 9.59 Å². The Balaban J connectivity index is 1.57. The van der Waals surface area contributed by atoms with Crippen LogP contribution in [0.25, 0.3) is 0 Å². The second-order valence-electron chi connectivity index (χ2n) is 9.00. The van der Waals surface area contributed by atoms with Gasteiger partial charge in [-0.3, -0.25) is 19.2 Å². The zero-order chi connectivity index (χ0) is 22.5. The van der Waals surface area contributed by atoms with Gasteiger partial charge in [0, 0.05) is 30.9 Å². The second-order valence-corrected chi connectivity index (χ2v) is 9.00. The highest BCUT2D eigenvalue weighted by atomic mass is 16.2. The van der Waals surface area contributed by atoms with Crippen LogP contribution in [0.5, 0.6) is 0 Å². The Bertz CT molecular complexity index is 934. The molecule has 1 saturated heterocycles. The zero-order valence-electron chi connectivity index (χ0n) is 19.1. The monoisotopic (exact) mass is 425 g/mol. The first-order valence-electron chi connectivity index (χ1n) is 11.2. The summed E-state index contributed by atoms with van der Waals surface area (Å²) in [5.41, 5.74) is 10.7. The number of nitrogens with zero attached hydrogens (tertiary/aromatic N) is 3. The van der Waals surface area contributed by atoms with Crippen LogP contribution < -0.4 is 11.1 Å². The number of aryl methyl sites for hydroxylation is 1. The van der Waals surface area contributed by atoms with Gasteiger partial charge in [-0.05, 0) is 68.8 Å². The molecule has 1 fully saturated rings. The van der Waals surface area contributed by atoms with Gasteiger partial charge in [-0.25, -0.2) is 0 Å². The molecule has 0 saturated carbocycles. The van der Waals surface area contributed by atoms with Crippen LogP contribution in [0.1, 0.15) is 55.6 Å². The summed E-state index contributed by atoms with van der Waals surface area (Å²) in [5, 5.41) is 7.65. The minimum absolute atomic E-state index is 0.0104. The summed E-state index contributed by atoms with van der Waals surface area (Å²) in [4.78, 5) is 26.3. The molecule has 2 heterocycles. The number of benzene rings is 1. The Morgan fingerprint density at radius 3 is 2.77 bits per heavy atom. The Hall–Kier alpha value is -2.67. The number of nitrogens with two attached hydrogens (primary N) is 1. The Morgan fingerprint density at radius 2 is 2.06 bits per heavy atom. The van der Waals surface area contributed by atoms with Gasteiger partial charge in [-0.15, -0.1) is 0 Å². The largest absolute Gasteiger partial charge is 0.368 e. The molecule has 1 aromatic heterocycles. The number of primary amides is 1. The van der Waals surface area contributed by atoms with Gasteiger partial charge < -0.3 is 11.1 Å². The lowest BCUT2D eigenvalue weighted by Gasteiger charge is -2.22. The summed E-state index contributed by atoms with van der Waals surface area (Å²) in [6, 6.07) is 7.63. The van der Waals surface area contributed by atoms with Crippen LogP contribution in [0.4, 0.5) is 5.69 Å². The fourth-order valence-corrected chi connectivity index (χ4v) is 4.40. The third kappa shape index (κ3) is 5.94. The Kier molecular flexibility index (Phi) is 7.49. The van der Waals surface area contributed by atoms with Crippen LogP contribution >= 0.6 is 0 Å². The van der Waals surface area contributed by atoms with Gasteiger partial charge in [0.05, 0.1) is 11.7 Å². The number of amides is 2. The highest BCUT2D eigenvalue weighted by molar-refractivity contribution is 5.90. The standard InChI is InChI=1S/C24H35N5O2/c1-16(2)14-29-18(4)21(17(3)27-29)10-11-23(30)26-20-8-5-7-19(13-20)15-28-12-6-9-22(28)24(25)31/h5,7-8,13,16,22H,6,9-12,14-15H2,1-4H3,(H2,25,31)(H,26,30). The number of rotatable bonds is 9. The lowest BCUT2D eigenvalue weighted by molar-refractivity contribution is -0.122. The lowest BCUT2D eigenvalue weighted by Crippen LogP contribution is -2.39. The van der Waals surface area contributed by atoms with Crippen molar-refractivity contribution in [1.29, 1.82) is 0 Å². The predicted molar refractivity (Wildman–Crippen MR) is 123 cm³/mol. The minimum Gasteiger partial charge on any atom is -0.368 e. The maximum Gasteiger partial charge on any atom is 0.234 e. The number of carbonyl (C=O) groups excluding carboxylic acids is 2. The molecule has 3 N–H and O–H groups in total. The van der Waals surface area contributed by atoms with Gasteiger partial charge in [-0.2, -0.15) is 5.10 Å². The molecule has 1 aliphatic rings. The number of carbonyl (C=O) groups is 2. The fourth-order valence-electron chi connectivity index (χ4n) is 4.40. The second kappa shape index (κ2) is 10.1. The molecule has 7 heteroatoms. The average molecular weight is 426 g/mol. The van der Waals surface area contributed by atoms with Crippen LogP contribution in [-0.4, -0.2) is 39.1 Å². The highest BCUT2D eigenvalue weighted by Crippen LogP contribution is 2.22. The van der Waals surface area contributed by atoms with E-state index >= 15 is 0 Å². The molecule has 3 rings (SSSR count). The third-order valence-corrected chi connectivity index (χ3v) is 5.96. The molecule has 2 amide bonds. The van der Waals surface area contributed by atoms with Gasteiger partial charge in [0.1, 0.15) is 0 Å². The number of hydrogen-bond acceptors (Lipinski definition) is 4. The molecule has 31 heavy (non-hydrogen) atoms. The average Bonchev–Trinajstić information content (AvgIpc) is 3.25. The number of nitrogens with one attached hydrogen (secondary N) is 1. The highest BCUT2D eigenvalue weighted by Gasteiger charge is 2.28. The van der Waals surface area contributed by atoms with Crippen molar-refractivity contribution in [2.45, 2.75) is 72.5 Å². The fraction of sp³-hybridized carbons (Fsp3) is 0.542. The van der Waals surface area contributed by atoms with Crippen LogP contribution in [-0.2, 0) is 29.1 Å². The predicted octanol–water partition coefficient (Wildman–Crippen LogP) is 3.18. The van der Waals surface area contributed by atoms with Crippen LogP contribution in [0.2, 0.25) is 0 Å². The van der Waals surface area contributed by atoms with Crippen molar-refractivity contribution >= 4 is 17.5 Å². The van der Waals surface area contributed by atoms with Crippen LogP contribution in [0, 0.1) is 19.8 Å². The molecule has 2 aromatic rings. The zero-order valence-corrected chi connectivity index (χ0v) is 19.1. The third-order valence-electron chi connectivity index (χ3n) is 5.96. The van der Waals surface area contributed by atoms with E-state index in [0.717, 1.165) is 54.1 Å². The van der Waals surface area contributed by atoms with Crippen LogP contribution in [0.15, 0.2) is 24.3 Å². The van der Waals surface area contributed by atoms with Crippen molar-refractivity contribution in [2.24, 2.45) is 11.7 Å². The normalized spacial score (nSPS) is 16.7. The molecule has 168 valence electrons. The van der Waals surface area contributed by atoms with Gasteiger partial charge in [0.2, 0.25) is 11.8 Å². The van der Waals surface area contributed by atoms with Crippen LogP contribution in [0.3, 0.4) is 0 Å². The molecular formula is C24H35N5O2. The summed E-state index contributed by atoms with van der Waals surface area (Å²) in [5.74, 6) is 0.258. The molecule has 1 aliphatic heterocycles. The van der Waals surface area contributed by atoms with Crippen molar-refractivity contribution in [1.82, 2.24) is 14.7 Å². The smallest absolute Gasteiger partial charge is 0.234 e. The first-order valence-corrected chi connectivity index (χ1v) is 11.2. The van der Waals surface area contributed by atoms with E-state index in [1.54, 1.807) is 0 Å². The summed E-state index contributed by atoms with van der Waals surface area (Å²) >= 11 is 0. The quantitative estimate of drug-likeness (QED) is 0.645. The van der Waals surface area contributed by atoms with Gasteiger partial charge in [-0.1, -0.05) is 26.0 Å². The van der Waals surface area contributed by atoms with Gasteiger partial charge >= 0.3 is 0 Å². The number of anilines is 1. The summed E-state index contributed by atoms with van der Waals surface area (Å²) < 4.78 is 2.05. The number of hydrogen-bond donors (Lipinski definition) is 2. The van der Waals surface area contributed by atoms with E-state index < -0.39 is 0 Å². The molecule has 1 unspecified atom stereocenters. The van der Waals surface area contributed by atoms with Gasteiger partial charge in [0.15, 0.2) is 0 Å². The van der Waals surface area contributed by atoms with Crippen molar-refractivity contribution in [2.75, 3.05) is 11.9 Å². The molecule has 1 atom stereocenters. The number of likely N-dealkylation sites (tertiary alicyclic amines) is 1. The topological polar surface area (TPSA) is 93.2 Å². The van der Waals surface area contributed by atoms with E-state index in [1.807, 2.05) is 31.2 Å². The van der Waals surface area contributed by atoms with Crippen molar-refractivity contribution < 1.29 is 9.59 Å². The summed E-state index contributed by atoms with van der Waals surface area (Å²) in [7, 11) is 0. The maximum absolute atomic E-state index is 12.6. The summed E-state index contributed by atoms with van der Waals surface area (Å²) in [6.45, 7) is 10.9. The molecule has 0 aliphatic carbocycles. The van der Waals surface area contributed by atoms with E-state index in [0.29, 0.717) is 25.3 Å². The molecule has 0 bridgehead atoms. The molecule has 0 spiro atoms. The van der Waals surface area contributed by atoms with E-state index in [4.69, 9.17) is 5.73 Å². The first-order chi connectivity index (χ1) is 14.7.